The molecule has 0 saturated carbocycles. The van der Waals surface area contributed by atoms with Crippen LogP contribution < -0.4 is 15.4 Å². The third kappa shape index (κ3) is 4.48. The molecule has 24 heavy (non-hydrogen) atoms. The average molecular weight is 343 g/mol. The van der Waals surface area contributed by atoms with Crippen LogP contribution in [0.25, 0.3) is 0 Å². The van der Waals surface area contributed by atoms with E-state index in [0.29, 0.717) is 22.3 Å². The van der Waals surface area contributed by atoms with Crippen LogP contribution in [0.3, 0.4) is 0 Å². The van der Waals surface area contributed by atoms with Crippen LogP contribution in [0.2, 0.25) is 5.02 Å². The van der Waals surface area contributed by atoms with Gasteiger partial charge in [0.2, 0.25) is 0 Å². The van der Waals surface area contributed by atoms with Crippen molar-refractivity contribution in [2.45, 2.75) is 6.92 Å². The van der Waals surface area contributed by atoms with Crippen molar-refractivity contribution in [1.82, 2.24) is 4.98 Å². The maximum absolute atomic E-state index is 12.2. The van der Waals surface area contributed by atoms with Crippen LogP contribution in [0.1, 0.15) is 5.56 Å². The largest absolute Gasteiger partial charge is 0.495 e. The topological polar surface area (TPSA) is 87.0 Å². The van der Waals surface area contributed by atoms with E-state index >= 15 is 0 Å². The second-order valence-electron chi connectivity index (χ2n) is 4.83. The van der Waals surface area contributed by atoms with Gasteiger partial charge in [0.05, 0.1) is 12.8 Å². The fourth-order valence-electron chi connectivity index (χ4n) is 1.82. The van der Waals surface area contributed by atoms with Crippen LogP contribution in [0.4, 0.5) is 11.5 Å². The van der Waals surface area contributed by atoms with Gasteiger partial charge in [-0.3, -0.25) is 4.79 Å². The number of benzene rings is 1. The van der Waals surface area contributed by atoms with Crippen molar-refractivity contribution in [2.24, 2.45) is 0 Å². The van der Waals surface area contributed by atoms with Crippen molar-refractivity contribution in [3.8, 4) is 11.8 Å². The molecule has 0 bridgehead atoms. The average Bonchev–Trinajstić information content (AvgIpc) is 2.57. The van der Waals surface area contributed by atoms with Gasteiger partial charge in [0, 0.05) is 17.4 Å². The van der Waals surface area contributed by atoms with Gasteiger partial charge in [-0.05, 0) is 36.8 Å². The Morgan fingerprint density at radius 1 is 1.38 bits per heavy atom. The third-order valence-electron chi connectivity index (χ3n) is 3.05. The van der Waals surface area contributed by atoms with Crippen LogP contribution in [-0.2, 0) is 4.79 Å². The number of aryl methyl sites for hydroxylation is 1. The molecule has 2 N–H and O–H groups in total. The summed E-state index contributed by atoms with van der Waals surface area (Å²) in [5.74, 6) is 0.386. The van der Waals surface area contributed by atoms with Gasteiger partial charge < -0.3 is 15.4 Å². The van der Waals surface area contributed by atoms with Crippen LogP contribution >= 0.6 is 11.6 Å². The SMILES string of the molecule is COc1ccc(Cl)cc1NC(=O)/C(C#N)=C\Nc1ccc(C)cn1. The van der Waals surface area contributed by atoms with Crippen molar-refractivity contribution >= 4 is 29.0 Å². The second-order valence-corrected chi connectivity index (χ2v) is 5.27. The molecule has 1 aromatic heterocycles. The number of nitrogens with zero attached hydrogens (tertiary/aromatic N) is 2. The molecule has 2 rings (SSSR count). The fourth-order valence-corrected chi connectivity index (χ4v) is 1.99. The Labute approximate surface area is 144 Å². The van der Waals surface area contributed by atoms with E-state index in [2.05, 4.69) is 15.6 Å². The van der Waals surface area contributed by atoms with Crippen LogP contribution in [-0.4, -0.2) is 18.0 Å². The first-order valence-electron chi connectivity index (χ1n) is 6.98. The van der Waals surface area contributed by atoms with Crippen molar-refractivity contribution in [2.75, 3.05) is 17.7 Å². The molecular formula is C17H15ClN4O2. The highest BCUT2D eigenvalue weighted by atomic mass is 35.5. The van der Waals surface area contributed by atoms with Crippen LogP contribution in [0.15, 0.2) is 48.3 Å². The van der Waals surface area contributed by atoms with Crippen molar-refractivity contribution in [1.29, 1.82) is 5.26 Å². The lowest BCUT2D eigenvalue weighted by Crippen LogP contribution is -2.15. The molecule has 0 aliphatic heterocycles. The standard InChI is InChI=1S/C17H15ClN4O2/c1-11-3-6-16(20-9-11)21-10-12(8-19)17(23)22-14-7-13(18)4-5-15(14)24-2/h3-7,9-10H,1-2H3,(H,20,21)(H,22,23)/b12-10-. The van der Waals surface area contributed by atoms with E-state index in [1.807, 2.05) is 19.1 Å². The van der Waals surface area contributed by atoms with E-state index in [1.54, 1.807) is 30.5 Å². The summed E-state index contributed by atoms with van der Waals surface area (Å²) in [6.45, 7) is 1.92. The predicted octanol–water partition coefficient (Wildman–Crippen LogP) is 3.51. The maximum Gasteiger partial charge on any atom is 0.267 e. The van der Waals surface area contributed by atoms with Gasteiger partial charge >= 0.3 is 0 Å². The van der Waals surface area contributed by atoms with Gasteiger partial charge in [-0.2, -0.15) is 5.26 Å². The number of nitrogens with one attached hydrogen (secondary N) is 2. The minimum Gasteiger partial charge on any atom is -0.495 e. The number of aromatic nitrogens is 1. The Morgan fingerprint density at radius 2 is 2.17 bits per heavy atom. The summed E-state index contributed by atoms with van der Waals surface area (Å²) in [5.41, 5.74) is 1.28. The van der Waals surface area contributed by atoms with E-state index in [0.717, 1.165) is 5.56 Å². The molecule has 0 atom stereocenters. The van der Waals surface area contributed by atoms with Crippen molar-refractivity contribution < 1.29 is 9.53 Å². The molecule has 6 nitrogen and oxygen atoms in total. The number of hydrogen-bond donors (Lipinski definition) is 2. The van der Waals surface area contributed by atoms with Gasteiger partial charge in [0.15, 0.2) is 0 Å². The molecule has 1 heterocycles. The number of methoxy groups -OCH3 is 1. The van der Waals surface area contributed by atoms with E-state index < -0.39 is 5.91 Å². The summed E-state index contributed by atoms with van der Waals surface area (Å²) in [5, 5.41) is 15.0. The summed E-state index contributed by atoms with van der Waals surface area (Å²) in [7, 11) is 1.48. The summed E-state index contributed by atoms with van der Waals surface area (Å²) in [4.78, 5) is 16.4. The minimum atomic E-state index is -0.585. The molecule has 0 fully saturated rings. The highest BCUT2D eigenvalue weighted by molar-refractivity contribution is 6.31. The lowest BCUT2D eigenvalue weighted by Gasteiger charge is -2.10. The van der Waals surface area contributed by atoms with Crippen molar-refractivity contribution in [3.63, 3.8) is 0 Å². The molecular weight excluding hydrogens is 328 g/mol. The lowest BCUT2D eigenvalue weighted by molar-refractivity contribution is -0.112. The third-order valence-corrected chi connectivity index (χ3v) is 3.29. The summed E-state index contributed by atoms with van der Waals surface area (Å²) in [6.07, 6.45) is 2.98. The molecule has 2 aromatic rings. The number of hydrogen-bond acceptors (Lipinski definition) is 5. The van der Waals surface area contributed by atoms with Crippen LogP contribution in [0, 0.1) is 18.3 Å². The molecule has 1 amide bonds. The van der Waals surface area contributed by atoms with Gasteiger partial charge in [-0.1, -0.05) is 17.7 Å². The number of anilines is 2. The molecule has 0 spiro atoms. The summed E-state index contributed by atoms with van der Waals surface area (Å²) >= 11 is 5.92. The van der Waals surface area contributed by atoms with Crippen molar-refractivity contribution in [3.05, 3.63) is 58.9 Å². The Balaban J connectivity index is 2.14. The zero-order chi connectivity index (χ0) is 17.5. The lowest BCUT2D eigenvalue weighted by atomic mass is 10.2. The first-order valence-corrected chi connectivity index (χ1v) is 7.35. The van der Waals surface area contributed by atoms with Crippen LogP contribution in [0.5, 0.6) is 5.75 Å². The molecule has 0 unspecified atom stereocenters. The first kappa shape index (κ1) is 17.3. The quantitative estimate of drug-likeness (QED) is 0.641. The Hall–Kier alpha value is -3.04. The number of amides is 1. The number of carbonyl (C=O) groups excluding carboxylic acids is 1. The van der Waals surface area contributed by atoms with Gasteiger partial charge in [0.1, 0.15) is 23.2 Å². The minimum absolute atomic E-state index is 0.112. The molecule has 0 saturated heterocycles. The molecule has 0 aliphatic rings. The zero-order valence-electron chi connectivity index (χ0n) is 13.1. The van der Waals surface area contributed by atoms with Gasteiger partial charge in [-0.25, -0.2) is 4.98 Å². The monoisotopic (exact) mass is 342 g/mol. The number of halogens is 1. The Morgan fingerprint density at radius 3 is 2.79 bits per heavy atom. The van der Waals surface area contributed by atoms with Gasteiger partial charge in [0.25, 0.3) is 5.91 Å². The van der Waals surface area contributed by atoms with E-state index in [9.17, 15) is 10.1 Å². The van der Waals surface area contributed by atoms with Gasteiger partial charge in [-0.15, -0.1) is 0 Å². The number of carbonyl (C=O) groups is 1. The Bertz CT molecular complexity index is 810. The molecule has 1 aromatic carbocycles. The molecule has 122 valence electrons. The zero-order valence-corrected chi connectivity index (χ0v) is 13.9. The maximum atomic E-state index is 12.2. The smallest absolute Gasteiger partial charge is 0.267 e. The van der Waals surface area contributed by atoms with E-state index in [-0.39, 0.29) is 5.57 Å². The summed E-state index contributed by atoms with van der Waals surface area (Å²) in [6, 6.07) is 10.3. The highest BCUT2D eigenvalue weighted by Gasteiger charge is 2.12. The predicted molar refractivity (Wildman–Crippen MR) is 92.9 cm³/mol. The number of nitriles is 1. The molecule has 0 aliphatic carbocycles. The fraction of sp³-hybridized carbons (Fsp3) is 0.118. The second kappa shape index (κ2) is 7.99. The number of rotatable bonds is 5. The highest BCUT2D eigenvalue weighted by Crippen LogP contribution is 2.27. The number of pyridine rings is 1. The normalized spacial score (nSPS) is 10.7. The molecule has 7 heteroatoms. The number of ether oxygens (including phenoxy) is 1. The summed E-state index contributed by atoms with van der Waals surface area (Å²) < 4.78 is 5.15. The van der Waals surface area contributed by atoms with E-state index in [1.165, 1.54) is 13.3 Å². The van der Waals surface area contributed by atoms with E-state index in [4.69, 9.17) is 16.3 Å². The Kier molecular flexibility index (Phi) is 5.77. The first-order chi connectivity index (χ1) is 11.5. The molecule has 0 radical (unpaired) electrons.